The molecular formula is C18H21NO2. The molecule has 0 amide bonds. The van der Waals surface area contributed by atoms with Gasteiger partial charge in [-0.25, -0.2) is 0 Å². The fourth-order valence-electron chi connectivity index (χ4n) is 2.91. The average molecular weight is 283 g/mol. The van der Waals surface area contributed by atoms with Crippen molar-refractivity contribution in [3.63, 3.8) is 0 Å². The molecule has 3 heteroatoms. The Bertz CT molecular complexity index is 645. The van der Waals surface area contributed by atoms with E-state index >= 15 is 0 Å². The van der Waals surface area contributed by atoms with Gasteiger partial charge in [-0.05, 0) is 24.6 Å². The molecule has 0 N–H and O–H groups in total. The third-order valence-corrected chi connectivity index (χ3v) is 4.18. The molecule has 1 atom stereocenters. The number of benzene rings is 2. The van der Waals surface area contributed by atoms with Gasteiger partial charge in [0.25, 0.3) is 0 Å². The molecular weight excluding hydrogens is 262 g/mol. The molecule has 1 heterocycles. The highest BCUT2D eigenvalue weighted by Crippen LogP contribution is 2.22. The molecule has 110 valence electrons. The number of Topliss-reactive ketones (excluding diaryl/α,β-unsaturated/α-hetero) is 1. The van der Waals surface area contributed by atoms with Crippen LogP contribution in [0.5, 0.6) is 0 Å². The highest BCUT2D eigenvalue weighted by molar-refractivity contribution is 6.10. The van der Waals surface area contributed by atoms with Crippen LogP contribution in [0.2, 0.25) is 0 Å². The molecule has 0 saturated carbocycles. The first-order chi connectivity index (χ1) is 10.2. The van der Waals surface area contributed by atoms with Gasteiger partial charge in [0.2, 0.25) is 0 Å². The van der Waals surface area contributed by atoms with Crippen LogP contribution >= 0.6 is 0 Å². The van der Waals surface area contributed by atoms with Gasteiger partial charge in [0.1, 0.15) is 6.10 Å². The second-order valence-corrected chi connectivity index (χ2v) is 5.84. The van der Waals surface area contributed by atoms with Gasteiger partial charge in [-0.3, -0.25) is 9.69 Å². The summed E-state index contributed by atoms with van der Waals surface area (Å²) in [7, 11) is 0. The van der Waals surface area contributed by atoms with Gasteiger partial charge >= 0.3 is 0 Å². The SMILES string of the molecule is CC(C)N1CCOC(C(=O)c2cccc3ccccc23)C1. The first kappa shape index (κ1) is 14.2. The highest BCUT2D eigenvalue weighted by atomic mass is 16.5. The Morgan fingerprint density at radius 2 is 1.95 bits per heavy atom. The molecule has 3 nitrogen and oxygen atoms in total. The second-order valence-electron chi connectivity index (χ2n) is 5.84. The molecule has 1 saturated heterocycles. The summed E-state index contributed by atoms with van der Waals surface area (Å²) in [5, 5.41) is 2.11. The Hall–Kier alpha value is -1.71. The van der Waals surface area contributed by atoms with Crippen molar-refractivity contribution in [1.29, 1.82) is 0 Å². The number of carbonyl (C=O) groups excluding carboxylic acids is 1. The van der Waals surface area contributed by atoms with E-state index in [0.29, 0.717) is 19.2 Å². The minimum Gasteiger partial charge on any atom is -0.367 e. The largest absolute Gasteiger partial charge is 0.367 e. The molecule has 0 aromatic heterocycles. The minimum absolute atomic E-state index is 0.0946. The number of fused-ring (bicyclic) bond motifs is 1. The van der Waals surface area contributed by atoms with Gasteiger partial charge in [-0.15, -0.1) is 0 Å². The fraction of sp³-hybridized carbons (Fsp3) is 0.389. The van der Waals surface area contributed by atoms with E-state index in [2.05, 4.69) is 18.7 Å². The summed E-state index contributed by atoms with van der Waals surface area (Å²) in [5.41, 5.74) is 0.767. The third kappa shape index (κ3) is 2.85. The highest BCUT2D eigenvalue weighted by Gasteiger charge is 2.29. The number of hydrogen-bond donors (Lipinski definition) is 0. The van der Waals surface area contributed by atoms with Crippen LogP contribution in [0.25, 0.3) is 10.8 Å². The fourth-order valence-corrected chi connectivity index (χ4v) is 2.91. The first-order valence-corrected chi connectivity index (χ1v) is 7.54. The number of morpholine rings is 1. The Kier molecular flexibility index (Phi) is 4.04. The summed E-state index contributed by atoms with van der Waals surface area (Å²) in [6, 6.07) is 14.3. The zero-order valence-electron chi connectivity index (χ0n) is 12.6. The van der Waals surface area contributed by atoms with Crippen LogP contribution in [0.15, 0.2) is 42.5 Å². The molecule has 0 spiro atoms. The second kappa shape index (κ2) is 5.96. The number of hydrogen-bond acceptors (Lipinski definition) is 3. The van der Waals surface area contributed by atoms with Gasteiger partial charge in [-0.1, -0.05) is 42.5 Å². The molecule has 21 heavy (non-hydrogen) atoms. The number of ketones is 1. The van der Waals surface area contributed by atoms with Crippen LogP contribution < -0.4 is 0 Å². The van der Waals surface area contributed by atoms with E-state index in [-0.39, 0.29) is 11.9 Å². The van der Waals surface area contributed by atoms with Crippen molar-refractivity contribution in [3.8, 4) is 0 Å². The van der Waals surface area contributed by atoms with E-state index in [1.54, 1.807) is 0 Å². The Labute approximate surface area is 125 Å². The Morgan fingerprint density at radius 3 is 2.76 bits per heavy atom. The Balaban J connectivity index is 1.90. The summed E-state index contributed by atoms with van der Waals surface area (Å²) < 4.78 is 5.73. The molecule has 1 aliphatic heterocycles. The quantitative estimate of drug-likeness (QED) is 0.811. The number of rotatable bonds is 3. The molecule has 0 bridgehead atoms. The Morgan fingerprint density at radius 1 is 1.19 bits per heavy atom. The molecule has 3 rings (SSSR count). The normalized spacial score (nSPS) is 20.0. The number of carbonyl (C=O) groups is 1. The third-order valence-electron chi connectivity index (χ3n) is 4.18. The molecule has 1 fully saturated rings. The monoisotopic (exact) mass is 283 g/mol. The van der Waals surface area contributed by atoms with Crippen molar-refractivity contribution in [1.82, 2.24) is 4.90 Å². The van der Waals surface area contributed by atoms with Gasteiger partial charge in [0.05, 0.1) is 6.61 Å². The van der Waals surface area contributed by atoms with E-state index in [1.165, 1.54) is 0 Å². The van der Waals surface area contributed by atoms with Gasteiger partial charge in [0.15, 0.2) is 5.78 Å². The van der Waals surface area contributed by atoms with Crippen LogP contribution in [-0.2, 0) is 4.74 Å². The van der Waals surface area contributed by atoms with Crippen molar-refractivity contribution in [3.05, 3.63) is 48.0 Å². The molecule has 0 radical (unpaired) electrons. The predicted molar refractivity (Wildman–Crippen MR) is 84.7 cm³/mol. The van der Waals surface area contributed by atoms with Gasteiger partial charge < -0.3 is 4.74 Å². The summed E-state index contributed by atoms with van der Waals surface area (Å²) in [4.78, 5) is 15.1. The van der Waals surface area contributed by atoms with E-state index < -0.39 is 0 Å². The lowest BCUT2D eigenvalue weighted by atomic mass is 9.98. The molecule has 2 aromatic carbocycles. The molecule has 2 aromatic rings. The minimum atomic E-state index is -0.355. The predicted octanol–water partition coefficient (Wildman–Crippen LogP) is 3.13. The van der Waals surface area contributed by atoms with Crippen LogP contribution in [-0.4, -0.2) is 42.5 Å². The first-order valence-electron chi connectivity index (χ1n) is 7.54. The van der Waals surface area contributed by atoms with E-state index in [1.807, 2.05) is 42.5 Å². The van der Waals surface area contributed by atoms with Crippen LogP contribution in [0.3, 0.4) is 0 Å². The lowest BCUT2D eigenvalue weighted by Gasteiger charge is -2.34. The number of nitrogens with zero attached hydrogens (tertiary/aromatic N) is 1. The van der Waals surface area contributed by atoms with Crippen LogP contribution in [0.4, 0.5) is 0 Å². The zero-order valence-corrected chi connectivity index (χ0v) is 12.6. The van der Waals surface area contributed by atoms with Crippen LogP contribution in [0, 0.1) is 0 Å². The van der Waals surface area contributed by atoms with Crippen molar-refractivity contribution >= 4 is 16.6 Å². The summed E-state index contributed by atoms with van der Waals surface area (Å²) >= 11 is 0. The lowest BCUT2D eigenvalue weighted by molar-refractivity contribution is -0.0255. The summed E-state index contributed by atoms with van der Waals surface area (Å²) in [5.74, 6) is 0.0946. The van der Waals surface area contributed by atoms with Crippen molar-refractivity contribution < 1.29 is 9.53 Å². The maximum absolute atomic E-state index is 12.8. The molecule has 1 aliphatic rings. The van der Waals surface area contributed by atoms with Crippen molar-refractivity contribution in [2.45, 2.75) is 26.0 Å². The lowest BCUT2D eigenvalue weighted by Crippen LogP contribution is -2.48. The van der Waals surface area contributed by atoms with Crippen LogP contribution in [0.1, 0.15) is 24.2 Å². The smallest absolute Gasteiger partial charge is 0.193 e. The maximum atomic E-state index is 12.8. The maximum Gasteiger partial charge on any atom is 0.193 e. The van der Waals surface area contributed by atoms with Crippen molar-refractivity contribution in [2.75, 3.05) is 19.7 Å². The van der Waals surface area contributed by atoms with E-state index in [9.17, 15) is 4.79 Å². The zero-order chi connectivity index (χ0) is 14.8. The van der Waals surface area contributed by atoms with Gasteiger partial charge in [-0.2, -0.15) is 0 Å². The molecule has 1 unspecified atom stereocenters. The molecule has 0 aliphatic carbocycles. The topological polar surface area (TPSA) is 29.5 Å². The van der Waals surface area contributed by atoms with Gasteiger partial charge in [0, 0.05) is 24.7 Å². The summed E-state index contributed by atoms with van der Waals surface area (Å²) in [6.07, 6.45) is -0.355. The summed E-state index contributed by atoms with van der Waals surface area (Å²) in [6.45, 7) is 6.52. The van der Waals surface area contributed by atoms with E-state index in [4.69, 9.17) is 4.74 Å². The van der Waals surface area contributed by atoms with Crippen molar-refractivity contribution in [2.24, 2.45) is 0 Å². The van der Waals surface area contributed by atoms with E-state index in [0.717, 1.165) is 22.9 Å². The standard InChI is InChI=1S/C18H21NO2/c1-13(2)19-10-11-21-17(12-19)18(20)16-9-5-7-14-6-3-4-8-15(14)16/h3-9,13,17H,10-12H2,1-2H3. The average Bonchev–Trinajstić information content (AvgIpc) is 2.53. The number of ether oxygens (including phenoxy) is 1.